The Balaban J connectivity index is 2.10. The van der Waals surface area contributed by atoms with E-state index in [-0.39, 0.29) is 29.4 Å². The van der Waals surface area contributed by atoms with Crippen LogP contribution in [0, 0.1) is 11.7 Å². The molecule has 19 heavy (non-hydrogen) atoms. The van der Waals surface area contributed by atoms with Crippen LogP contribution in [0.1, 0.15) is 18.4 Å². The number of nitrogens with one attached hydrogen (secondary N) is 1. The molecule has 2 unspecified atom stereocenters. The predicted molar refractivity (Wildman–Crippen MR) is 70.4 cm³/mol. The Bertz CT molecular complexity index is 465. The highest BCUT2D eigenvalue weighted by atomic mass is 19.1. The van der Waals surface area contributed by atoms with Crippen molar-refractivity contribution in [1.29, 1.82) is 0 Å². The SMILES string of the molecule is COc1ccc(CC2NCCCC2C(N)=O)cc1F. The molecule has 0 spiro atoms. The first-order valence-corrected chi connectivity index (χ1v) is 6.47. The Morgan fingerprint density at radius 1 is 1.58 bits per heavy atom. The summed E-state index contributed by atoms with van der Waals surface area (Å²) < 4.78 is 18.5. The van der Waals surface area contributed by atoms with E-state index in [4.69, 9.17) is 10.5 Å². The number of methoxy groups -OCH3 is 1. The maximum absolute atomic E-state index is 13.6. The standard InChI is InChI=1S/C14H19FN2O2/c1-19-13-5-4-9(7-11(13)15)8-12-10(14(16)18)3-2-6-17-12/h4-5,7,10,12,17H,2-3,6,8H2,1H3,(H2,16,18). The van der Waals surface area contributed by atoms with Crippen molar-refractivity contribution < 1.29 is 13.9 Å². The van der Waals surface area contributed by atoms with Gasteiger partial charge in [0.2, 0.25) is 5.91 Å². The molecule has 0 radical (unpaired) electrons. The summed E-state index contributed by atoms with van der Waals surface area (Å²) in [6.45, 7) is 0.868. The molecule has 2 atom stereocenters. The van der Waals surface area contributed by atoms with Gasteiger partial charge in [0.1, 0.15) is 0 Å². The number of ether oxygens (including phenoxy) is 1. The minimum absolute atomic E-state index is 0.0148. The summed E-state index contributed by atoms with van der Waals surface area (Å²) in [5.41, 5.74) is 6.25. The van der Waals surface area contributed by atoms with E-state index in [1.807, 2.05) is 6.07 Å². The smallest absolute Gasteiger partial charge is 0.222 e. The van der Waals surface area contributed by atoms with Crippen LogP contribution < -0.4 is 15.8 Å². The molecule has 0 aromatic heterocycles. The lowest BCUT2D eigenvalue weighted by Crippen LogP contribution is -2.48. The first-order chi connectivity index (χ1) is 9.11. The van der Waals surface area contributed by atoms with Gasteiger partial charge in [0, 0.05) is 6.04 Å². The first-order valence-electron chi connectivity index (χ1n) is 6.47. The normalized spacial score (nSPS) is 23.1. The van der Waals surface area contributed by atoms with Crippen LogP contribution in [-0.4, -0.2) is 25.6 Å². The topological polar surface area (TPSA) is 64.3 Å². The fraction of sp³-hybridized carbons (Fsp3) is 0.500. The van der Waals surface area contributed by atoms with E-state index in [1.165, 1.54) is 13.2 Å². The van der Waals surface area contributed by atoms with Gasteiger partial charge in [-0.05, 0) is 43.5 Å². The van der Waals surface area contributed by atoms with Gasteiger partial charge in [0.05, 0.1) is 13.0 Å². The highest BCUT2D eigenvalue weighted by Crippen LogP contribution is 2.23. The predicted octanol–water partition coefficient (Wildman–Crippen LogP) is 1.23. The van der Waals surface area contributed by atoms with Crippen LogP contribution in [0.2, 0.25) is 0 Å². The van der Waals surface area contributed by atoms with Gasteiger partial charge in [0.25, 0.3) is 0 Å². The number of carbonyl (C=O) groups is 1. The fourth-order valence-corrected chi connectivity index (χ4v) is 2.60. The number of nitrogens with two attached hydrogens (primary N) is 1. The lowest BCUT2D eigenvalue weighted by molar-refractivity contribution is -0.123. The number of hydrogen-bond donors (Lipinski definition) is 2. The van der Waals surface area contributed by atoms with Crippen molar-refractivity contribution in [3.05, 3.63) is 29.6 Å². The van der Waals surface area contributed by atoms with Crippen LogP contribution in [0.5, 0.6) is 5.75 Å². The Labute approximate surface area is 112 Å². The van der Waals surface area contributed by atoms with Gasteiger partial charge in [0.15, 0.2) is 11.6 Å². The van der Waals surface area contributed by atoms with Crippen molar-refractivity contribution in [3.8, 4) is 5.75 Å². The van der Waals surface area contributed by atoms with Crippen LogP contribution in [0.25, 0.3) is 0 Å². The number of piperidine rings is 1. The third kappa shape index (κ3) is 3.23. The summed E-state index contributed by atoms with van der Waals surface area (Å²) in [5, 5.41) is 3.29. The molecule has 1 fully saturated rings. The van der Waals surface area contributed by atoms with Gasteiger partial charge in [-0.2, -0.15) is 0 Å². The summed E-state index contributed by atoms with van der Waals surface area (Å²) in [6, 6.07) is 4.86. The molecular formula is C14H19FN2O2. The Morgan fingerprint density at radius 3 is 3.00 bits per heavy atom. The van der Waals surface area contributed by atoms with Gasteiger partial charge in [-0.3, -0.25) is 4.79 Å². The molecule has 1 aliphatic rings. The number of carbonyl (C=O) groups excluding carboxylic acids is 1. The number of primary amides is 1. The largest absolute Gasteiger partial charge is 0.494 e. The summed E-state index contributed by atoms with van der Waals surface area (Å²) in [5.74, 6) is -0.622. The van der Waals surface area contributed by atoms with E-state index in [0.717, 1.165) is 24.9 Å². The second-order valence-electron chi connectivity index (χ2n) is 4.88. The lowest BCUT2D eigenvalue weighted by atomic mass is 9.86. The van der Waals surface area contributed by atoms with E-state index in [9.17, 15) is 9.18 Å². The first kappa shape index (κ1) is 13.8. The molecule has 3 N–H and O–H groups in total. The number of hydrogen-bond acceptors (Lipinski definition) is 3. The molecule has 0 saturated carbocycles. The van der Waals surface area contributed by atoms with Gasteiger partial charge in [-0.1, -0.05) is 6.07 Å². The van der Waals surface area contributed by atoms with Gasteiger partial charge in [-0.15, -0.1) is 0 Å². The van der Waals surface area contributed by atoms with Crippen molar-refractivity contribution in [2.75, 3.05) is 13.7 Å². The third-order valence-electron chi connectivity index (χ3n) is 3.62. The van der Waals surface area contributed by atoms with Crippen LogP contribution >= 0.6 is 0 Å². The maximum atomic E-state index is 13.6. The number of benzene rings is 1. The minimum atomic E-state index is -0.383. The van der Waals surface area contributed by atoms with Crippen LogP contribution in [0.15, 0.2) is 18.2 Å². The average Bonchev–Trinajstić information content (AvgIpc) is 2.39. The molecule has 1 saturated heterocycles. The summed E-state index contributed by atoms with van der Waals surface area (Å²) in [6.07, 6.45) is 2.33. The molecule has 0 aliphatic carbocycles. The van der Waals surface area contributed by atoms with Gasteiger partial charge in [-0.25, -0.2) is 4.39 Å². The fourth-order valence-electron chi connectivity index (χ4n) is 2.60. The van der Waals surface area contributed by atoms with Crippen molar-refractivity contribution >= 4 is 5.91 Å². The maximum Gasteiger partial charge on any atom is 0.222 e. The molecule has 1 aromatic carbocycles. The number of halogens is 1. The van der Waals surface area contributed by atoms with Crippen molar-refractivity contribution in [3.63, 3.8) is 0 Å². The zero-order chi connectivity index (χ0) is 13.8. The zero-order valence-corrected chi connectivity index (χ0v) is 11.0. The van der Waals surface area contributed by atoms with E-state index < -0.39 is 0 Å². The minimum Gasteiger partial charge on any atom is -0.494 e. The summed E-state index contributed by atoms with van der Waals surface area (Å²) in [4.78, 5) is 11.4. The van der Waals surface area contributed by atoms with Crippen molar-refractivity contribution in [2.45, 2.75) is 25.3 Å². The Morgan fingerprint density at radius 2 is 2.37 bits per heavy atom. The Kier molecular flexibility index (Phi) is 4.37. The van der Waals surface area contributed by atoms with E-state index >= 15 is 0 Å². The molecule has 104 valence electrons. The van der Waals surface area contributed by atoms with Gasteiger partial charge < -0.3 is 15.8 Å². The van der Waals surface area contributed by atoms with Crippen LogP contribution in [0.4, 0.5) is 4.39 Å². The van der Waals surface area contributed by atoms with Crippen LogP contribution in [-0.2, 0) is 11.2 Å². The Hall–Kier alpha value is -1.62. The zero-order valence-electron chi connectivity index (χ0n) is 11.0. The average molecular weight is 266 g/mol. The van der Waals surface area contributed by atoms with E-state index in [0.29, 0.717) is 6.42 Å². The van der Waals surface area contributed by atoms with Gasteiger partial charge >= 0.3 is 0 Å². The molecule has 1 aromatic rings. The summed E-state index contributed by atoms with van der Waals surface area (Å²) in [7, 11) is 1.43. The second kappa shape index (κ2) is 6.02. The quantitative estimate of drug-likeness (QED) is 0.861. The molecule has 1 heterocycles. The van der Waals surface area contributed by atoms with E-state index in [1.54, 1.807) is 6.07 Å². The molecule has 1 amide bonds. The monoisotopic (exact) mass is 266 g/mol. The van der Waals surface area contributed by atoms with Crippen LogP contribution in [0.3, 0.4) is 0 Å². The van der Waals surface area contributed by atoms with Crippen molar-refractivity contribution in [1.82, 2.24) is 5.32 Å². The lowest BCUT2D eigenvalue weighted by Gasteiger charge is -2.30. The molecule has 0 bridgehead atoms. The highest BCUT2D eigenvalue weighted by Gasteiger charge is 2.29. The molecule has 1 aliphatic heterocycles. The van der Waals surface area contributed by atoms with E-state index in [2.05, 4.69) is 5.32 Å². The second-order valence-corrected chi connectivity index (χ2v) is 4.88. The number of amides is 1. The molecule has 4 nitrogen and oxygen atoms in total. The molecular weight excluding hydrogens is 247 g/mol. The highest BCUT2D eigenvalue weighted by molar-refractivity contribution is 5.77. The molecule has 5 heteroatoms. The van der Waals surface area contributed by atoms with Crippen molar-refractivity contribution in [2.24, 2.45) is 11.7 Å². The molecule has 2 rings (SSSR count). The number of rotatable bonds is 4. The summed E-state index contributed by atoms with van der Waals surface area (Å²) >= 11 is 0. The third-order valence-corrected chi connectivity index (χ3v) is 3.62.